The molecular weight excluding hydrogens is 677 g/mol. The smallest absolute Gasteiger partial charge is 0.415 e. The van der Waals surface area contributed by atoms with E-state index in [0.717, 1.165) is 12.8 Å². The number of alkyl halides is 3. The maximum atomic E-state index is 13.4. The number of β-lactam (4-membered cyclic amide) rings is 1. The number of hydrogen-bond acceptors (Lipinski definition) is 11. The van der Waals surface area contributed by atoms with Crippen molar-refractivity contribution in [1.82, 2.24) is 30.4 Å². The van der Waals surface area contributed by atoms with E-state index in [9.17, 15) is 19.2 Å². The quantitative estimate of drug-likeness (QED) is 0.159. The summed E-state index contributed by atoms with van der Waals surface area (Å²) < 4.78 is 9.70. The van der Waals surface area contributed by atoms with Crippen LogP contribution >= 0.6 is 58.3 Å². The highest BCUT2D eigenvalue weighted by Gasteiger charge is 2.66. The Bertz CT molecular complexity index is 1410. The van der Waals surface area contributed by atoms with Crippen molar-refractivity contribution in [2.75, 3.05) is 23.8 Å². The average molecular weight is 707 g/mol. The van der Waals surface area contributed by atoms with Gasteiger partial charge in [-0.2, -0.15) is 0 Å². The number of anilines is 1. The monoisotopic (exact) mass is 705 g/mol. The van der Waals surface area contributed by atoms with Crippen molar-refractivity contribution in [1.29, 1.82) is 0 Å². The SMILES string of the molecule is CC(OC(=O)N(CC(=O)NC1C(=O)N2C(C(=O)OCC(Cl)(Cl)Cl)C(C)(CSc3nnnn3C)S[C@H]12)c1ccccc1)C1CC1. The molecule has 44 heavy (non-hydrogen) atoms. The summed E-state index contributed by atoms with van der Waals surface area (Å²) >= 11 is 20.0. The first-order valence-electron chi connectivity index (χ1n) is 13.7. The Labute approximate surface area is 276 Å². The Balaban J connectivity index is 1.29. The predicted molar refractivity (Wildman–Crippen MR) is 166 cm³/mol. The van der Waals surface area contributed by atoms with Crippen molar-refractivity contribution in [2.45, 2.75) is 63.9 Å². The Morgan fingerprint density at radius 1 is 1.25 bits per heavy atom. The van der Waals surface area contributed by atoms with E-state index in [0.29, 0.717) is 22.5 Å². The zero-order valence-corrected chi connectivity index (χ0v) is 27.8. The third-order valence-electron chi connectivity index (χ3n) is 7.48. The molecule has 5 rings (SSSR count). The molecule has 2 saturated heterocycles. The molecule has 1 aromatic heterocycles. The van der Waals surface area contributed by atoms with Crippen LogP contribution in [0.25, 0.3) is 0 Å². The van der Waals surface area contributed by atoms with Crippen LogP contribution in [0.2, 0.25) is 0 Å². The molecule has 3 fully saturated rings. The Hall–Kier alpha value is -2.46. The number of ether oxygens (including phenoxy) is 2. The molecule has 3 heterocycles. The van der Waals surface area contributed by atoms with Crippen molar-refractivity contribution >= 4 is 87.9 Å². The molecule has 1 aromatic carbocycles. The molecular formula is C26H30Cl3N7O6S2. The van der Waals surface area contributed by atoms with Crippen LogP contribution in [0.5, 0.6) is 0 Å². The normalized spacial score (nSPS) is 25.1. The van der Waals surface area contributed by atoms with Gasteiger partial charge in [-0.15, -0.1) is 16.9 Å². The van der Waals surface area contributed by atoms with E-state index in [4.69, 9.17) is 44.3 Å². The summed E-state index contributed by atoms with van der Waals surface area (Å²) in [7, 11) is 1.68. The second kappa shape index (κ2) is 13.1. The van der Waals surface area contributed by atoms with Crippen LogP contribution in [0, 0.1) is 5.92 Å². The fraction of sp³-hybridized carbons (Fsp3) is 0.577. The molecule has 1 aliphatic carbocycles. The van der Waals surface area contributed by atoms with Crippen molar-refractivity contribution in [3.63, 3.8) is 0 Å². The van der Waals surface area contributed by atoms with Gasteiger partial charge in [-0.3, -0.25) is 14.5 Å². The maximum absolute atomic E-state index is 13.4. The Kier molecular flexibility index (Phi) is 9.81. The predicted octanol–water partition coefficient (Wildman–Crippen LogP) is 3.18. The molecule has 1 N–H and O–H groups in total. The third kappa shape index (κ3) is 7.33. The number of tetrazole rings is 1. The molecule has 0 radical (unpaired) electrons. The van der Waals surface area contributed by atoms with Gasteiger partial charge >= 0.3 is 12.1 Å². The van der Waals surface area contributed by atoms with Gasteiger partial charge in [0.05, 0.1) is 4.75 Å². The Morgan fingerprint density at radius 3 is 2.57 bits per heavy atom. The summed E-state index contributed by atoms with van der Waals surface area (Å²) in [6.07, 6.45) is 1.05. The van der Waals surface area contributed by atoms with Gasteiger partial charge in [0.15, 0.2) is 0 Å². The van der Waals surface area contributed by atoms with E-state index in [-0.39, 0.29) is 12.6 Å². The number of aryl methyl sites for hydroxylation is 1. The number of nitrogens with zero attached hydrogens (tertiary/aromatic N) is 6. The minimum Gasteiger partial charge on any atom is -0.460 e. The molecule has 3 amide bonds. The van der Waals surface area contributed by atoms with Crippen LogP contribution in [0.15, 0.2) is 35.5 Å². The van der Waals surface area contributed by atoms with E-state index >= 15 is 0 Å². The molecule has 5 atom stereocenters. The van der Waals surface area contributed by atoms with Crippen molar-refractivity contribution in [3.05, 3.63) is 30.3 Å². The first kappa shape index (κ1) is 32.9. The lowest BCUT2D eigenvalue weighted by Gasteiger charge is -2.44. The minimum atomic E-state index is -1.84. The summed E-state index contributed by atoms with van der Waals surface area (Å²) in [4.78, 5) is 55.8. The topological polar surface area (TPSA) is 149 Å². The zero-order chi connectivity index (χ0) is 31.8. The summed E-state index contributed by atoms with van der Waals surface area (Å²) in [5.74, 6) is -1.15. The number of nitrogens with one attached hydrogen (secondary N) is 1. The summed E-state index contributed by atoms with van der Waals surface area (Å²) in [5, 5.41) is 14.1. The highest BCUT2D eigenvalue weighted by atomic mass is 35.6. The Morgan fingerprint density at radius 2 is 1.95 bits per heavy atom. The first-order chi connectivity index (χ1) is 20.8. The molecule has 18 heteroatoms. The van der Waals surface area contributed by atoms with Crippen LogP contribution < -0.4 is 10.2 Å². The molecule has 2 aromatic rings. The number of para-hydroxylation sites is 1. The average Bonchev–Trinajstić information content (AvgIpc) is 3.69. The van der Waals surface area contributed by atoms with Crippen LogP contribution in [0.4, 0.5) is 10.5 Å². The van der Waals surface area contributed by atoms with Gasteiger partial charge in [-0.1, -0.05) is 64.8 Å². The zero-order valence-electron chi connectivity index (χ0n) is 23.9. The summed E-state index contributed by atoms with van der Waals surface area (Å²) in [6, 6.07) is 6.70. The maximum Gasteiger partial charge on any atom is 0.415 e. The van der Waals surface area contributed by atoms with Gasteiger partial charge in [-0.25, -0.2) is 14.3 Å². The van der Waals surface area contributed by atoms with Crippen LogP contribution in [-0.2, 0) is 30.9 Å². The van der Waals surface area contributed by atoms with Gasteiger partial charge in [0.2, 0.25) is 20.8 Å². The van der Waals surface area contributed by atoms with Gasteiger partial charge in [0, 0.05) is 18.5 Å². The number of halogens is 3. The fourth-order valence-electron chi connectivity index (χ4n) is 5.03. The number of aromatic nitrogens is 4. The van der Waals surface area contributed by atoms with E-state index < -0.39 is 56.5 Å². The number of hydrogen-bond donors (Lipinski definition) is 1. The van der Waals surface area contributed by atoms with Gasteiger partial charge in [0.1, 0.15) is 36.7 Å². The number of carbonyl (C=O) groups excluding carboxylic acids is 4. The van der Waals surface area contributed by atoms with E-state index in [2.05, 4.69) is 20.8 Å². The van der Waals surface area contributed by atoms with Crippen LogP contribution in [0.1, 0.15) is 26.7 Å². The van der Waals surface area contributed by atoms with Crippen molar-refractivity contribution in [3.8, 4) is 0 Å². The number of fused-ring (bicyclic) bond motifs is 1. The molecule has 4 unspecified atom stereocenters. The highest BCUT2D eigenvalue weighted by molar-refractivity contribution is 8.04. The van der Waals surface area contributed by atoms with Crippen LogP contribution in [-0.4, -0.2) is 100.0 Å². The van der Waals surface area contributed by atoms with E-state index in [1.165, 1.54) is 38.0 Å². The highest BCUT2D eigenvalue weighted by Crippen LogP contribution is 2.53. The number of carbonyl (C=O) groups is 4. The van der Waals surface area contributed by atoms with E-state index in [1.807, 2.05) is 13.8 Å². The lowest BCUT2D eigenvalue weighted by molar-refractivity contribution is -0.164. The second-order valence-electron chi connectivity index (χ2n) is 11.0. The third-order valence-corrected chi connectivity index (χ3v) is 11.0. The molecule has 13 nitrogen and oxygen atoms in total. The molecule has 0 spiro atoms. The fourth-order valence-corrected chi connectivity index (χ4v) is 8.08. The van der Waals surface area contributed by atoms with Crippen molar-refractivity contribution < 1.29 is 28.7 Å². The van der Waals surface area contributed by atoms with E-state index in [1.54, 1.807) is 37.4 Å². The summed E-state index contributed by atoms with van der Waals surface area (Å²) in [6.45, 7) is 2.77. The summed E-state index contributed by atoms with van der Waals surface area (Å²) in [5.41, 5.74) is 0.479. The number of amides is 3. The molecule has 3 aliphatic rings. The minimum absolute atomic E-state index is 0.278. The standard InChI is InChI=1S/C26H30Cl3N7O6S2/c1-14(15-9-10-15)42-24(40)35(16-7-5-4-6-8-16)11-17(37)30-18-20(38)36-19(22(39)41-12-26(27,28)29)25(2,44-21(18)36)13-43-23-31-32-33-34(23)3/h4-8,14-15,18-19,21H,9-13H2,1-3H3,(H,30,37)/t14?,18?,19?,21-,25?/m1/s1. The number of rotatable bonds is 11. The van der Waals surface area contributed by atoms with Crippen LogP contribution in [0.3, 0.4) is 0 Å². The molecule has 2 aliphatic heterocycles. The van der Waals surface area contributed by atoms with Crippen molar-refractivity contribution in [2.24, 2.45) is 13.0 Å². The van der Waals surface area contributed by atoms with Gasteiger partial charge in [0.25, 0.3) is 0 Å². The lowest BCUT2D eigenvalue weighted by Crippen LogP contribution is -2.71. The number of esters is 1. The van der Waals surface area contributed by atoms with Gasteiger partial charge in [-0.05, 0) is 55.2 Å². The molecule has 0 bridgehead atoms. The first-order valence-corrected chi connectivity index (χ1v) is 16.7. The second-order valence-corrected chi connectivity index (χ2v) is 16.1. The lowest BCUT2D eigenvalue weighted by atomic mass is 9.95. The molecule has 238 valence electrons. The van der Waals surface area contributed by atoms with Gasteiger partial charge < -0.3 is 19.7 Å². The number of benzene rings is 1. The largest absolute Gasteiger partial charge is 0.460 e. The molecule has 1 saturated carbocycles. The number of thioether (sulfide) groups is 2.